The summed E-state index contributed by atoms with van der Waals surface area (Å²) in [5, 5.41) is 2.81. The van der Waals surface area contributed by atoms with Crippen molar-refractivity contribution in [3.8, 4) is 0 Å². The lowest BCUT2D eigenvalue weighted by atomic mass is 10.1. The Balaban J connectivity index is 1.51. The molecule has 0 radical (unpaired) electrons. The fourth-order valence-electron chi connectivity index (χ4n) is 3.49. The Morgan fingerprint density at radius 2 is 1.69 bits per heavy atom. The smallest absolute Gasteiger partial charge is 0.321 e. The predicted octanol–water partition coefficient (Wildman–Crippen LogP) is 2.71. The third-order valence-electron chi connectivity index (χ3n) is 5.16. The predicted molar refractivity (Wildman–Crippen MR) is 101 cm³/mol. The molecule has 1 aromatic rings. The van der Waals surface area contributed by atoms with E-state index in [2.05, 4.69) is 11.4 Å². The molecule has 1 aromatic carbocycles. The summed E-state index contributed by atoms with van der Waals surface area (Å²) < 4.78 is 26.8. The van der Waals surface area contributed by atoms with Gasteiger partial charge in [-0.3, -0.25) is 0 Å². The molecule has 7 heteroatoms. The van der Waals surface area contributed by atoms with Crippen LogP contribution in [0.4, 0.5) is 4.79 Å². The van der Waals surface area contributed by atoms with Gasteiger partial charge < -0.3 is 10.2 Å². The Morgan fingerprint density at radius 1 is 1.08 bits per heavy atom. The van der Waals surface area contributed by atoms with E-state index in [0.29, 0.717) is 37.0 Å². The van der Waals surface area contributed by atoms with Crippen LogP contribution in [0.5, 0.6) is 0 Å². The van der Waals surface area contributed by atoms with Crippen LogP contribution in [-0.4, -0.2) is 49.8 Å². The van der Waals surface area contributed by atoms with E-state index in [4.69, 9.17) is 0 Å². The summed E-state index contributed by atoms with van der Waals surface area (Å²) >= 11 is 0. The number of hydrogen-bond donors (Lipinski definition) is 1. The third-order valence-corrected chi connectivity index (χ3v) is 7.07. The quantitative estimate of drug-likeness (QED) is 0.877. The van der Waals surface area contributed by atoms with Gasteiger partial charge >= 0.3 is 6.03 Å². The Kier molecular flexibility index (Phi) is 5.98. The molecule has 2 aliphatic rings. The lowest BCUT2D eigenvalue weighted by Crippen LogP contribution is -2.52. The number of benzene rings is 1. The number of hydrogen-bond acceptors (Lipinski definition) is 3. The number of sulfonamides is 1. The van der Waals surface area contributed by atoms with Crippen molar-refractivity contribution in [1.29, 1.82) is 0 Å². The van der Waals surface area contributed by atoms with Crippen molar-refractivity contribution in [2.75, 3.05) is 26.2 Å². The fraction of sp³-hybridized carbons (Fsp3) is 0.526. The summed E-state index contributed by atoms with van der Waals surface area (Å²) in [6.07, 6.45) is 8.74. The SMILES string of the molecule is Cc1ccc(S(=O)(=O)N2CCN(C(=O)N/C=C/C3CCCC3)CC2)cc1. The summed E-state index contributed by atoms with van der Waals surface area (Å²) in [4.78, 5) is 14.2. The molecule has 142 valence electrons. The van der Waals surface area contributed by atoms with E-state index in [1.54, 1.807) is 35.4 Å². The summed E-state index contributed by atoms with van der Waals surface area (Å²) in [5.41, 5.74) is 1.02. The highest BCUT2D eigenvalue weighted by Crippen LogP contribution is 2.25. The zero-order chi connectivity index (χ0) is 18.6. The lowest BCUT2D eigenvalue weighted by Gasteiger charge is -2.33. The van der Waals surface area contributed by atoms with E-state index in [9.17, 15) is 13.2 Å². The minimum Gasteiger partial charge on any atom is -0.322 e. The molecule has 1 N–H and O–H groups in total. The van der Waals surface area contributed by atoms with Crippen molar-refractivity contribution in [1.82, 2.24) is 14.5 Å². The molecule has 2 fully saturated rings. The largest absolute Gasteiger partial charge is 0.322 e. The van der Waals surface area contributed by atoms with E-state index < -0.39 is 10.0 Å². The van der Waals surface area contributed by atoms with E-state index in [-0.39, 0.29) is 6.03 Å². The van der Waals surface area contributed by atoms with Crippen LogP contribution in [0.2, 0.25) is 0 Å². The zero-order valence-electron chi connectivity index (χ0n) is 15.2. The van der Waals surface area contributed by atoms with Gasteiger partial charge in [-0.05, 0) is 37.8 Å². The molecule has 26 heavy (non-hydrogen) atoms. The summed E-state index contributed by atoms with van der Waals surface area (Å²) in [6, 6.07) is 6.71. The van der Waals surface area contributed by atoms with Gasteiger partial charge in [0.1, 0.15) is 0 Å². The summed E-state index contributed by atoms with van der Waals surface area (Å²) in [5.74, 6) is 0.576. The van der Waals surface area contributed by atoms with E-state index >= 15 is 0 Å². The second kappa shape index (κ2) is 8.22. The van der Waals surface area contributed by atoms with Gasteiger partial charge in [-0.1, -0.05) is 36.6 Å². The molecule has 0 aromatic heterocycles. The Labute approximate surface area is 155 Å². The highest BCUT2D eigenvalue weighted by atomic mass is 32.2. The molecule has 6 nitrogen and oxygen atoms in total. The zero-order valence-corrected chi connectivity index (χ0v) is 16.0. The molecule has 3 rings (SSSR count). The van der Waals surface area contributed by atoms with Gasteiger partial charge in [-0.15, -0.1) is 0 Å². The second-order valence-electron chi connectivity index (χ2n) is 7.06. The van der Waals surface area contributed by atoms with Gasteiger partial charge in [0.2, 0.25) is 10.0 Å². The van der Waals surface area contributed by atoms with Crippen LogP contribution in [0, 0.1) is 12.8 Å². The number of rotatable bonds is 4. The normalized spacial score (nSPS) is 20.0. The molecule has 1 saturated carbocycles. The van der Waals surface area contributed by atoms with Gasteiger partial charge in [0.05, 0.1) is 4.90 Å². The molecule has 1 saturated heterocycles. The van der Waals surface area contributed by atoms with Gasteiger partial charge in [-0.2, -0.15) is 4.31 Å². The standard InChI is InChI=1S/C19H27N3O3S/c1-16-6-8-18(9-7-16)26(24,25)22-14-12-21(13-15-22)19(23)20-11-10-17-4-2-3-5-17/h6-11,17H,2-5,12-15H2,1H3,(H,20,23)/b11-10+. The van der Waals surface area contributed by atoms with Gasteiger partial charge in [0.15, 0.2) is 0 Å². The maximum absolute atomic E-state index is 12.7. The number of carbonyl (C=O) groups is 1. The van der Waals surface area contributed by atoms with Gasteiger partial charge in [0, 0.05) is 32.4 Å². The van der Waals surface area contributed by atoms with Gasteiger partial charge in [0.25, 0.3) is 0 Å². The van der Waals surface area contributed by atoms with Crippen LogP contribution in [0.1, 0.15) is 31.2 Å². The molecular formula is C19H27N3O3S. The van der Waals surface area contributed by atoms with Gasteiger partial charge in [-0.25, -0.2) is 13.2 Å². The maximum Gasteiger partial charge on any atom is 0.321 e. The van der Waals surface area contributed by atoms with Crippen LogP contribution < -0.4 is 5.32 Å². The molecular weight excluding hydrogens is 350 g/mol. The van der Waals surface area contributed by atoms with Crippen LogP contribution >= 0.6 is 0 Å². The number of amides is 2. The average molecular weight is 378 g/mol. The lowest BCUT2D eigenvalue weighted by molar-refractivity contribution is 0.175. The molecule has 0 bridgehead atoms. The van der Waals surface area contributed by atoms with Crippen LogP contribution in [0.25, 0.3) is 0 Å². The second-order valence-corrected chi connectivity index (χ2v) is 9.00. The summed E-state index contributed by atoms with van der Waals surface area (Å²) in [6.45, 7) is 3.35. The van der Waals surface area contributed by atoms with E-state index in [1.807, 2.05) is 6.92 Å². The molecule has 0 spiro atoms. The monoisotopic (exact) mass is 377 g/mol. The fourth-order valence-corrected chi connectivity index (χ4v) is 4.91. The van der Waals surface area contributed by atoms with Crippen molar-refractivity contribution in [2.24, 2.45) is 5.92 Å². The van der Waals surface area contributed by atoms with Crippen LogP contribution in [0.3, 0.4) is 0 Å². The number of urea groups is 1. The van der Waals surface area contributed by atoms with E-state index in [1.165, 1.54) is 30.0 Å². The van der Waals surface area contributed by atoms with Crippen molar-refractivity contribution < 1.29 is 13.2 Å². The topological polar surface area (TPSA) is 69.7 Å². The number of allylic oxidation sites excluding steroid dienone is 1. The van der Waals surface area contributed by atoms with Crippen molar-refractivity contribution >= 4 is 16.1 Å². The Bertz CT molecular complexity index is 745. The minimum atomic E-state index is -3.49. The Hall–Kier alpha value is -1.86. The molecule has 1 heterocycles. The summed E-state index contributed by atoms with van der Waals surface area (Å²) in [7, 11) is -3.49. The molecule has 1 aliphatic heterocycles. The number of nitrogens with zero attached hydrogens (tertiary/aromatic N) is 2. The molecule has 2 amide bonds. The number of aryl methyl sites for hydroxylation is 1. The number of piperazine rings is 1. The highest BCUT2D eigenvalue weighted by Gasteiger charge is 2.29. The van der Waals surface area contributed by atoms with E-state index in [0.717, 1.165) is 5.56 Å². The first-order valence-corrected chi connectivity index (χ1v) is 10.7. The molecule has 0 unspecified atom stereocenters. The first-order chi connectivity index (χ1) is 12.5. The minimum absolute atomic E-state index is 0.161. The van der Waals surface area contributed by atoms with Crippen LogP contribution in [-0.2, 0) is 10.0 Å². The third kappa shape index (κ3) is 4.45. The first-order valence-electron chi connectivity index (χ1n) is 9.26. The van der Waals surface area contributed by atoms with Crippen molar-refractivity contribution in [3.05, 3.63) is 42.1 Å². The van der Waals surface area contributed by atoms with Crippen molar-refractivity contribution in [3.63, 3.8) is 0 Å². The molecule has 0 atom stereocenters. The average Bonchev–Trinajstić information content (AvgIpc) is 3.15. The van der Waals surface area contributed by atoms with Crippen LogP contribution in [0.15, 0.2) is 41.4 Å². The number of carbonyl (C=O) groups excluding carboxylic acids is 1. The highest BCUT2D eigenvalue weighted by molar-refractivity contribution is 7.89. The number of nitrogens with one attached hydrogen (secondary N) is 1. The molecule has 1 aliphatic carbocycles. The first kappa shape index (κ1) is 18.9. The van der Waals surface area contributed by atoms with Crippen molar-refractivity contribution in [2.45, 2.75) is 37.5 Å². The Morgan fingerprint density at radius 3 is 2.31 bits per heavy atom. The maximum atomic E-state index is 12.7.